The topological polar surface area (TPSA) is 52.1 Å². The molecular formula is C40H34N2O2. The van der Waals surface area contributed by atoms with Crippen LogP contribution in [0.25, 0.3) is 44.3 Å². The predicted molar refractivity (Wildman–Crippen MR) is 177 cm³/mol. The second-order valence-corrected chi connectivity index (χ2v) is 12.3. The maximum atomic E-state index is 13.7. The Hall–Kier alpha value is -4.83. The lowest BCUT2D eigenvalue weighted by atomic mass is 9.60. The van der Waals surface area contributed by atoms with E-state index in [-0.39, 0.29) is 17.8 Å². The zero-order valence-electron chi connectivity index (χ0n) is 25.1. The third-order valence-electron chi connectivity index (χ3n) is 9.91. The van der Waals surface area contributed by atoms with E-state index in [9.17, 15) is 4.79 Å². The van der Waals surface area contributed by atoms with Crippen LogP contribution in [-0.4, -0.2) is 22.5 Å². The smallest absolute Gasteiger partial charge is 0.307 e. The lowest BCUT2D eigenvalue weighted by Crippen LogP contribution is -2.39. The molecule has 4 heteroatoms. The Morgan fingerprint density at radius 1 is 0.636 bits per heavy atom. The first-order valence-corrected chi connectivity index (χ1v) is 15.7. The summed E-state index contributed by atoms with van der Waals surface area (Å²) in [6, 6.07) is 38.7. The summed E-state index contributed by atoms with van der Waals surface area (Å²) in [5, 5.41) is 2.22. The monoisotopic (exact) mass is 574 g/mol. The highest BCUT2D eigenvalue weighted by Crippen LogP contribution is 2.62. The van der Waals surface area contributed by atoms with Crippen molar-refractivity contribution in [3.8, 4) is 22.5 Å². The van der Waals surface area contributed by atoms with Crippen molar-refractivity contribution in [1.82, 2.24) is 9.97 Å². The maximum absolute atomic E-state index is 13.7. The normalized spacial score (nSPS) is 19.4. The van der Waals surface area contributed by atoms with Gasteiger partial charge in [0.05, 0.1) is 35.4 Å². The van der Waals surface area contributed by atoms with Crippen LogP contribution >= 0.6 is 0 Å². The Bertz CT molecular complexity index is 2100. The highest BCUT2D eigenvalue weighted by Gasteiger charge is 2.54. The molecule has 44 heavy (non-hydrogen) atoms. The number of benzene rings is 4. The number of hydrogen-bond acceptors (Lipinski definition) is 4. The third-order valence-corrected chi connectivity index (χ3v) is 9.91. The van der Waals surface area contributed by atoms with E-state index in [4.69, 9.17) is 14.7 Å². The molecule has 216 valence electrons. The van der Waals surface area contributed by atoms with Crippen LogP contribution in [-0.2, 0) is 20.4 Å². The molecule has 2 unspecified atom stereocenters. The minimum Gasteiger partial charge on any atom is -0.466 e. The van der Waals surface area contributed by atoms with Crippen molar-refractivity contribution in [3.05, 3.63) is 131 Å². The molecule has 0 saturated carbocycles. The van der Waals surface area contributed by atoms with Crippen LogP contribution in [0.1, 0.15) is 61.8 Å². The number of esters is 1. The van der Waals surface area contributed by atoms with Crippen LogP contribution in [0.2, 0.25) is 0 Å². The Morgan fingerprint density at radius 2 is 1.14 bits per heavy atom. The lowest BCUT2D eigenvalue weighted by molar-refractivity contribution is -0.144. The number of para-hydroxylation sites is 2. The summed E-state index contributed by atoms with van der Waals surface area (Å²) < 4.78 is 5.73. The number of carbonyl (C=O) groups excluding carboxylic acids is 1. The molecule has 2 aromatic heterocycles. The van der Waals surface area contributed by atoms with Crippen molar-refractivity contribution in [3.63, 3.8) is 0 Å². The third kappa shape index (κ3) is 3.80. The van der Waals surface area contributed by atoms with Gasteiger partial charge in [-0.2, -0.15) is 0 Å². The van der Waals surface area contributed by atoms with Gasteiger partial charge >= 0.3 is 5.97 Å². The predicted octanol–water partition coefficient (Wildman–Crippen LogP) is 9.16. The molecule has 2 aliphatic carbocycles. The van der Waals surface area contributed by atoms with Gasteiger partial charge in [0.25, 0.3) is 0 Å². The number of ether oxygens (including phenoxy) is 1. The number of fused-ring (bicyclic) bond motifs is 8. The van der Waals surface area contributed by atoms with Gasteiger partial charge in [0.1, 0.15) is 0 Å². The number of pyridine rings is 2. The summed E-state index contributed by atoms with van der Waals surface area (Å²) in [6.45, 7) is 4.50. The van der Waals surface area contributed by atoms with E-state index in [1.54, 1.807) is 0 Å². The van der Waals surface area contributed by atoms with E-state index >= 15 is 0 Å². The molecule has 0 saturated heterocycles. The van der Waals surface area contributed by atoms with Crippen LogP contribution in [0, 0.1) is 0 Å². The van der Waals surface area contributed by atoms with E-state index in [2.05, 4.69) is 110 Å². The summed E-state index contributed by atoms with van der Waals surface area (Å²) in [6.07, 6.45) is 2.87. The summed E-state index contributed by atoms with van der Waals surface area (Å²) >= 11 is 0. The van der Waals surface area contributed by atoms with Crippen molar-refractivity contribution >= 4 is 27.8 Å². The van der Waals surface area contributed by atoms with Gasteiger partial charge in [0.15, 0.2) is 0 Å². The van der Waals surface area contributed by atoms with Crippen molar-refractivity contribution in [2.45, 2.75) is 50.4 Å². The number of hydrogen-bond donors (Lipinski definition) is 0. The Morgan fingerprint density at radius 3 is 1.70 bits per heavy atom. The highest BCUT2D eigenvalue weighted by atomic mass is 16.5. The molecule has 8 rings (SSSR count). The van der Waals surface area contributed by atoms with Gasteiger partial charge in [0.2, 0.25) is 0 Å². The Kier molecular flexibility index (Phi) is 6.16. The zero-order chi connectivity index (χ0) is 29.9. The molecule has 4 nitrogen and oxygen atoms in total. The summed E-state index contributed by atoms with van der Waals surface area (Å²) in [5.74, 6) is -0.182. The van der Waals surface area contributed by atoms with Gasteiger partial charge in [-0.05, 0) is 66.3 Å². The molecule has 2 aliphatic rings. The van der Waals surface area contributed by atoms with Crippen LogP contribution in [0.5, 0.6) is 0 Å². The van der Waals surface area contributed by atoms with Crippen molar-refractivity contribution in [2.75, 3.05) is 6.61 Å². The number of rotatable bonds is 7. The summed E-state index contributed by atoms with van der Waals surface area (Å²) in [7, 11) is 0. The van der Waals surface area contributed by atoms with E-state index < -0.39 is 5.41 Å². The average molecular weight is 575 g/mol. The number of carbonyl (C=O) groups is 1. The molecule has 4 aromatic carbocycles. The fourth-order valence-electron chi connectivity index (χ4n) is 8.27. The molecule has 0 amide bonds. The Labute approximate surface area is 257 Å². The zero-order valence-corrected chi connectivity index (χ0v) is 25.1. The highest BCUT2D eigenvalue weighted by molar-refractivity contribution is 5.92. The van der Waals surface area contributed by atoms with E-state index in [0.717, 1.165) is 62.7 Å². The molecule has 0 bridgehead atoms. The van der Waals surface area contributed by atoms with Gasteiger partial charge in [0, 0.05) is 32.7 Å². The van der Waals surface area contributed by atoms with Crippen LogP contribution in [0.15, 0.2) is 109 Å². The first-order valence-electron chi connectivity index (χ1n) is 15.7. The minimum absolute atomic E-state index is 0.182. The second kappa shape index (κ2) is 10.1. The number of aromatic nitrogens is 2. The molecule has 0 N–H and O–H groups in total. The standard InChI is InChI=1S/C40H34N2O2/c1-3-21-39(30-17-9-7-15-28(30)37-32(39)22-26-13-5-11-19-34(26)41-37)25-40(24-36(43)44-4-2)31-18-10-8-16-29(31)38-33(40)23-27-14-6-12-20-35(27)42-38/h5-20,22-23H,3-4,21,24-25H2,1-2H3. The van der Waals surface area contributed by atoms with Gasteiger partial charge in [-0.1, -0.05) is 98.3 Å². The summed E-state index contributed by atoms with van der Waals surface area (Å²) in [4.78, 5) is 24.3. The first-order chi connectivity index (χ1) is 21.6. The van der Waals surface area contributed by atoms with Crippen molar-refractivity contribution in [2.24, 2.45) is 0 Å². The molecule has 2 heterocycles. The fourth-order valence-corrected chi connectivity index (χ4v) is 8.27. The fraction of sp³-hybridized carbons (Fsp3) is 0.225. The molecule has 0 aliphatic heterocycles. The SMILES string of the molecule is CCCC1(CC2(CC(=O)OCC)c3ccccc3-c3nc4ccccc4cc32)c2ccccc2-c2nc3ccccc3cc21. The maximum Gasteiger partial charge on any atom is 0.307 e. The average Bonchev–Trinajstić information content (AvgIpc) is 3.45. The molecule has 2 atom stereocenters. The minimum atomic E-state index is -0.648. The number of nitrogens with zero attached hydrogens (tertiary/aromatic N) is 2. The quantitative estimate of drug-likeness (QED) is 0.178. The lowest BCUT2D eigenvalue weighted by Gasteiger charge is -2.42. The van der Waals surface area contributed by atoms with Gasteiger partial charge in [-0.25, -0.2) is 9.97 Å². The molecule has 0 spiro atoms. The molecule has 0 fully saturated rings. The van der Waals surface area contributed by atoms with Crippen LogP contribution in [0.4, 0.5) is 0 Å². The van der Waals surface area contributed by atoms with Crippen molar-refractivity contribution < 1.29 is 9.53 Å². The van der Waals surface area contributed by atoms with E-state index in [0.29, 0.717) is 13.0 Å². The van der Waals surface area contributed by atoms with E-state index in [1.165, 1.54) is 16.7 Å². The van der Waals surface area contributed by atoms with Crippen LogP contribution < -0.4 is 0 Å². The molecule has 0 radical (unpaired) electrons. The van der Waals surface area contributed by atoms with Gasteiger partial charge < -0.3 is 4.74 Å². The first kappa shape index (κ1) is 26.8. The Balaban J connectivity index is 1.45. The summed E-state index contributed by atoms with van der Waals surface area (Å²) in [5.41, 5.74) is 10.1. The largest absolute Gasteiger partial charge is 0.466 e. The van der Waals surface area contributed by atoms with Gasteiger partial charge in [-0.3, -0.25) is 4.79 Å². The van der Waals surface area contributed by atoms with E-state index in [1.807, 2.05) is 13.0 Å². The van der Waals surface area contributed by atoms with Crippen LogP contribution in [0.3, 0.4) is 0 Å². The molecular weight excluding hydrogens is 540 g/mol. The van der Waals surface area contributed by atoms with Crippen molar-refractivity contribution in [1.29, 1.82) is 0 Å². The van der Waals surface area contributed by atoms with Gasteiger partial charge in [-0.15, -0.1) is 0 Å². The second-order valence-electron chi connectivity index (χ2n) is 12.3. The molecule has 6 aromatic rings.